The Bertz CT molecular complexity index is 1010. The number of para-hydroxylation sites is 1. The lowest BCUT2D eigenvalue weighted by molar-refractivity contribution is 0.208. The second-order valence-corrected chi connectivity index (χ2v) is 7.23. The average molecular weight is 403 g/mol. The van der Waals surface area contributed by atoms with Gasteiger partial charge in [-0.1, -0.05) is 30.3 Å². The molecule has 2 aromatic carbocycles. The molecule has 0 bridgehead atoms. The summed E-state index contributed by atoms with van der Waals surface area (Å²) < 4.78 is 5.27. The number of carbonyl (C=O) groups excluding carboxylic acids is 1. The van der Waals surface area contributed by atoms with Crippen LogP contribution in [-0.2, 0) is 0 Å². The molecule has 3 aromatic rings. The molecule has 0 saturated carbocycles. The van der Waals surface area contributed by atoms with E-state index in [4.69, 9.17) is 4.74 Å². The summed E-state index contributed by atoms with van der Waals surface area (Å²) in [6.07, 6.45) is 0. The van der Waals surface area contributed by atoms with Crippen LogP contribution in [-0.4, -0.2) is 54.4 Å². The van der Waals surface area contributed by atoms with Crippen LogP contribution in [0.15, 0.2) is 60.7 Å². The van der Waals surface area contributed by atoms with Gasteiger partial charge < -0.3 is 19.9 Å². The van der Waals surface area contributed by atoms with Gasteiger partial charge >= 0.3 is 6.03 Å². The van der Waals surface area contributed by atoms with Crippen LogP contribution in [0.2, 0.25) is 0 Å². The van der Waals surface area contributed by atoms with Crippen LogP contribution in [0.4, 0.5) is 16.3 Å². The molecule has 0 aliphatic carbocycles. The molecular formula is C23H25N5O2. The Morgan fingerprint density at radius 2 is 1.77 bits per heavy atom. The highest BCUT2D eigenvalue weighted by Crippen LogP contribution is 2.23. The molecule has 0 unspecified atom stereocenters. The van der Waals surface area contributed by atoms with Gasteiger partial charge in [0.1, 0.15) is 5.75 Å². The van der Waals surface area contributed by atoms with Crippen molar-refractivity contribution in [3.63, 3.8) is 0 Å². The molecule has 0 atom stereocenters. The third-order valence-electron chi connectivity index (χ3n) is 5.29. The number of methoxy groups -OCH3 is 1. The topological polar surface area (TPSA) is 70.6 Å². The maximum absolute atomic E-state index is 12.6. The number of amides is 2. The van der Waals surface area contributed by atoms with Crippen LogP contribution < -0.4 is 15.0 Å². The lowest BCUT2D eigenvalue weighted by Gasteiger charge is -2.35. The van der Waals surface area contributed by atoms with Gasteiger partial charge in [-0.2, -0.15) is 0 Å². The number of nitrogens with zero attached hydrogens (tertiary/aromatic N) is 4. The average Bonchev–Trinajstić information content (AvgIpc) is 2.81. The first-order valence-electron chi connectivity index (χ1n) is 9.99. The number of benzene rings is 2. The van der Waals surface area contributed by atoms with Crippen molar-refractivity contribution < 1.29 is 9.53 Å². The summed E-state index contributed by atoms with van der Waals surface area (Å²) >= 11 is 0. The van der Waals surface area contributed by atoms with Crippen LogP contribution in [0.5, 0.6) is 5.75 Å². The largest absolute Gasteiger partial charge is 0.497 e. The summed E-state index contributed by atoms with van der Waals surface area (Å²) in [5, 5.41) is 11.8. The zero-order valence-electron chi connectivity index (χ0n) is 17.2. The fourth-order valence-corrected chi connectivity index (χ4v) is 3.48. The number of hydrogen-bond acceptors (Lipinski definition) is 5. The van der Waals surface area contributed by atoms with Gasteiger partial charge in [0.2, 0.25) is 0 Å². The van der Waals surface area contributed by atoms with Gasteiger partial charge in [0.25, 0.3) is 0 Å². The summed E-state index contributed by atoms with van der Waals surface area (Å²) in [5.74, 6) is 1.61. The number of urea groups is 1. The fourth-order valence-electron chi connectivity index (χ4n) is 3.48. The van der Waals surface area contributed by atoms with E-state index < -0.39 is 0 Å². The monoisotopic (exact) mass is 403 g/mol. The van der Waals surface area contributed by atoms with Gasteiger partial charge in [-0.05, 0) is 42.8 Å². The summed E-state index contributed by atoms with van der Waals surface area (Å²) in [5.41, 5.74) is 3.67. The number of nitrogens with one attached hydrogen (secondary N) is 1. The van der Waals surface area contributed by atoms with Crippen LogP contribution in [0.3, 0.4) is 0 Å². The highest BCUT2D eigenvalue weighted by molar-refractivity contribution is 5.90. The van der Waals surface area contributed by atoms with E-state index in [0.717, 1.165) is 34.1 Å². The minimum atomic E-state index is -0.0663. The van der Waals surface area contributed by atoms with E-state index in [2.05, 4.69) is 20.4 Å². The quantitative estimate of drug-likeness (QED) is 0.717. The predicted molar refractivity (Wildman–Crippen MR) is 118 cm³/mol. The summed E-state index contributed by atoms with van der Waals surface area (Å²) in [4.78, 5) is 16.6. The SMILES string of the molecule is COc1cccc(-c2ccc(N3CCN(C(=O)Nc4ccccc4C)CC3)nn2)c1. The first-order chi connectivity index (χ1) is 14.6. The van der Waals surface area contributed by atoms with Crippen molar-refractivity contribution in [1.29, 1.82) is 0 Å². The number of hydrogen-bond donors (Lipinski definition) is 1. The first kappa shape index (κ1) is 19.7. The van der Waals surface area contributed by atoms with Crippen molar-refractivity contribution in [1.82, 2.24) is 15.1 Å². The molecule has 7 heteroatoms. The Balaban J connectivity index is 1.36. The van der Waals surface area contributed by atoms with E-state index >= 15 is 0 Å². The van der Waals surface area contributed by atoms with E-state index in [1.165, 1.54) is 0 Å². The molecule has 1 saturated heterocycles. The highest BCUT2D eigenvalue weighted by Gasteiger charge is 2.22. The zero-order valence-corrected chi connectivity index (χ0v) is 17.2. The second kappa shape index (κ2) is 8.82. The molecule has 0 radical (unpaired) electrons. The van der Waals surface area contributed by atoms with Crippen molar-refractivity contribution >= 4 is 17.5 Å². The fraction of sp³-hybridized carbons (Fsp3) is 0.261. The number of rotatable bonds is 4. The summed E-state index contributed by atoms with van der Waals surface area (Å²) in [7, 11) is 1.65. The molecule has 0 spiro atoms. The van der Waals surface area contributed by atoms with E-state index in [0.29, 0.717) is 26.2 Å². The number of anilines is 2. The Hall–Kier alpha value is -3.61. The van der Waals surface area contributed by atoms with Crippen molar-refractivity contribution in [2.75, 3.05) is 43.5 Å². The third-order valence-corrected chi connectivity index (χ3v) is 5.29. The zero-order chi connectivity index (χ0) is 20.9. The lowest BCUT2D eigenvalue weighted by atomic mass is 10.1. The normalized spacial score (nSPS) is 13.8. The standard InChI is InChI=1S/C23H25N5O2/c1-17-6-3-4-9-20(17)24-23(29)28-14-12-27(13-15-28)22-11-10-21(25-26-22)18-7-5-8-19(16-18)30-2/h3-11,16H,12-15H2,1-2H3,(H,24,29). The molecule has 2 amide bonds. The predicted octanol–water partition coefficient (Wildman–Crippen LogP) is 3.81. The molecule has 1 N–H and O–H groups in total. The maximum atomic E-state index is 12.6. The van der Waals surface area contributed by atoms with Crippen molar-refractivity contribution in [3.8, 4) is 17.0 Å². The van der Waals surface area contributed by atoms with Crippen molar-refractivity contribution in [3.05, 3.63) is 66.2 Å². The molecule has 1 aliphatic rings. The Morgan fingerprint density at radius 3 is 2.47 bits per heavy atom. The number of carbonyl (C=O) groups is 1. The molecule has 1 fully saturated rings. The number of piperazine rings is 1. The van der Waals surface area contributed by atoms with E-state index in [1.807, 2.05) is 72.5 Å². The van der Waals surface area contributed by atoms with Crippen molar-refractivity contribution in [2.45, 2.75) is 6.92 Å². The molecule has 1 aromatic heterocycles. The van der Waals surface area contributed by atoms with Crippen LogP contribution in [0.1, 0.15) is 5.56 Å². The summed E-state index contributed by atoms with van der Waals surface area (Å²) in [6.45, 7) is 4.69. The molecule has 4 rings (SSSR count). The molecule has 1 aliphatic heterocycles. The Kier molecular flexibility index (Phi) is 5.79. The second-order valence-electron chi connectivity index (χ2n) is 7.23. The molecular weight excluding hydrogens is 378 g/mol. The smallest absolute Gasteiger partial charge is 0.321 e. The molecule has 7 nitrogen and oxygen atoms in total. The highest BCUT2D eigenvalue weighted by atomic mass is 16.5. The number of aromatic nitrogens is 2. The molecule has 30 heavy (non-hydrogen) atoms. The van der Waals surface area contributed by atoms with E-state index in [9.17, 15) is 4.79 Å². The van der Waals surface area contributed by atoms with Gasteiger partial charge in [0.15, 0.2) is 5.82 Å². The minimum absolute atomic E-state index is 0.0663. The maximum Gasteiger partial charge on any atom is 0.321 e. The van der Waals surface area contributed by atoms with Gasteiger partial charge in [-0.15, -0.1) is 10.2 Å². The van der Waals surface area contributed by atoms with E-state index in [-0.39, 0.29) is 6.03 Å². The first-order valence-corrected chi connectivity index (χ1v) is 9.99. The van der Waals surface area contributed by atoms with E-state index in [1.54, 1.807) is 7.11 Å². The van der Waals surface area contributed by atoms with Crippen LogP contribution in [0, 0.1) is 6.92 Å². The Labute approximate surface area is 176 Å². The number of ether oxygens (including phenoxy) is 1. The number of aryl methyl sites for hydroxylation is 1. The van der Waals surface area contributed by atoms with Crippen molar-refractivity contribution in [2.24, 2.45) is 0 Å². The Morgan fingerprint density at radius 1 is 0.967 bits per heavy atom. The lowest BCUT2D eigenvalue weighted by Crippen LogP contribution is -2.50. The minimum Gasteiger partial charge on any atom is -0.497 e. The summed E-state index contributed by atoms with van der Waals surface area (Å²) in [6, 6.07) is 19.4. The van der Waals surface area contributed by atoms with Crippen LogP contribution in [0.25, 0.3) is 11.3 Å². The van der Waals surface area contributed by atoms with Gasteiger partial charge in [0.05, 0.1) is 12.8 Å². The van der Waals surface area contributed by atoms with Gasteiger partial charge in [-0.25, -0.2) is 4.79 Å². The molecule has 2 heterocycles. The third kappa shape index (κ3) is 4.35. The van der Waals surface area contributed by atoms with Gasteiger partial charge in [0, 0.05) is 37.4 Å². The molecule has 154 valence electrons. The van der Waals surface area contributed by atoms with Crippen LogP contribution >= 0.6 is 0 Å². The van der Waals surface area contributed by atoms with Gasteiger partial charge in [-0.3, -0.25) is 0 Å².